The monoisotopic (exact) mass is 606 g/mol. The molecule has 3 heterocycles. The van der Waals surface area contributed by atoms with E-state index in [1.807, 2.05) is 35.1 Å². The molecule has 5 aromatic rings. The van der Waals surface area contributed by atoms with E-state index in [9.17, 15) is 5.11 Å². The Bertz CT molecular complexity index is 1650. The highest BCUT2D eigenvalue weighted by molar-refractivity contribution is 5.99. The average Bonchev–Trinajstić information content (AvgIpc) is 3.77. The van der Waals surface area contributed by atoms with Crippen molar-refractivity contribution in [1.29, 1.82) is 0 Å². The Kier molecular flexibility index (Phi) is 10.2. The first-order valence-corrected chi connectivity index (χ1v) is 16.4. The molecule has 5 N–H and O–H groups in total. The number of fused-ring (bicyclic) bond motifs is 1. The first-order chi connectivity index (χ1) is 22.1. The van der Waals surface area contributed by atoms with Gasteiger partial charge in [-0.3, -0.25) is 4.68 Å². The van der Waals surface area contributed by atoms with Crippen LogP contribution in [0.5, 0.6) is 0 Å². The van der Waals surface area contributed by atoms with E-state index in [0.29, 0.717) is 18.3 Å². The molecule has 0 aliphatic heterocycles. The van der Waals surface area contributed by atoms with E-state index in [0.717, 1.165) is 80.6 Å². The molecule has 9 heteroatoms. The van der Waals surface area contributed by atoms with Gasteiger partial charge in [-0.25, -0.2) is 9.97 Å². The van der Waals surface area contributed by atoms with Gasteiger partial charge in [0.25, 0.3) is 0 Å². The highest BCUT2D eigenvalue weighted by Crippen LogP contribution is 2.40. The van der Waals surface area contributed by atoms with Crippen molar-refractivity contribution < 1.29 is 5.11 Å². The fraction of sp³-hybridized carbons (Fsp3) is 0.417. The maximum atomic E-state index is 11.2. The fourth-order valence-electron chi connectivity index (χ4n) is 6.64. The first kappa shape index (κ1) is 31.0. The van der Waals surface area contributed by atoms with Gasteiger partial charge in [-0.1, -0.05) is 67.9 Å². The molecule has 0 radical (unpaired) electrons. The lowest BCUT2D eigenvalue weighted by molar-refractivity contribution is 0.136. The number of rotatable bonds is 15. The number of nitrogens with zero attached hydrogens (tertiary/aromatic N) is 5. The summed E-state index contributed by atoms with van der Waals surface area (Å²) in [5.74, 6) is 0.814. The molecular weight excluding hydrogens is 560 g/mol. The van der Waals surface area contributed by atoms with E-state index in [4.69, 9.17) is 10.8 Å². The van der Waals surface area contributed by atoms with Gasteiger partial charge in [-0.05, 0) is 87.0 Å². The molecule has 2 aromatic carbocycles. The first-order valence-electron chi connectivity index (χ1n) is 16.4. The minimum atomic E-state index is -0.454. The molecule has 6 rings (SSSR count). The zero-order chi connectivity index (χ0) is 31.0. The van der Waals surface area contributed by atoms with Gasteiger partial charge < -0.3 is 26.0 Å². The summed E-state index contributed by atoms with van der Waals surface area (Å²) in [6.07, 6.45) is 11.2. The largest absolute Gasteiger partial charge is 0.391 e. The maximum absolute atomic E-state index is 11.2. The average molecular weight is 607 g/mol. The van der Waals surface area contributed by atoms with Crippen LogP contribution in [0, 0.1) is 5.92 Å². The Labute approximate surface area is 265 Å². The molecular formula is C36H46N8O. The van der Waals surface area contributed by atoms with Crippen molar-refractivity contribution >= 4 is 16.9 Å². The van der Waals surface area contributed by atoms with Crippen molar-refractivity contribution in [3.8, 4) is 11.3 Å². The number of hydrogen-bond acceptors (Lipinski definition) is 7. The number of aliphatic hydroxyl groups is 1. The van der Waals surface area contributed by atoms with E-state index in [2.05, 4.69) is 74.7 Å². The zero-order valence-electron chi connectivity index (χ0n) is 26.3. The molecule has 3 atom stereocenters. The third kappa shape index (κ3) is 7.61. The van der Waals surface area contributed by atoms with Gasteiger partial charge in [0.05, 0.1) is 29.8 Å². The van der Waals surface area contributed by atoms with Crippen LogP contribution in [0.4, 0.5) is 5.82 Å². The summed E-state index contributed by atoms with van der Waals surface area (Å²) >= 11 is 0. The quantitative estimate of drug-likeness (QED) is 0.124. The molecule has 45 heavy (non-hydrogen) atoms. The lowest BCUT2D eigenvalue weighted by Gasteiger charge is -2.17. The molecule has 1 saturated carbocycles. The van der Waals surface area contributed by atoms with E-state index >= 15 is 0 Å². The predicted octanol–water partition coefficient (Wildman–Crippen LogP) is 5.00. The Morgan fingerprint density at radius 1 is 0.889 bits per heavy atom. The Morgan fingerprint density at radius 3 is 2.47 bits per heavy atom. The number of aliphatic hydroxyl groups excluding tert-OH is 1. The van der Waals surface area contributed by atoms with Gasteiger partial charge in [0.1, 0.15) is 17.8 Å². The Balaban J connectivity index is 1.00. The fourth-order valence-corrected chi connectivity index (χ4v) is 6.64. The molecule has 1 aliphatic rings. The minimum absolute atomic E-state index is 0.0774. The lowest BCUT2D eigenvalue weighted by Crippen LogP contribution is -2.26. The molecule has 0 spiro atoms. The predicted molar refractivity (Wildman–Crippen MR) is 181 cm³/mol. The summed E-state index contributed by atoms with van der Waals surface area (Å²) in [4.78, 5) is 8.90. The molecule has 9 nitrogen and oxygen atoms in total. The van der Waals surface area contributed by atoms with Crippen LogP contribution in [0.15, 0.2) is 79.4 Å². The SMILES string of the molecule is CCCc1ccc(CCNCCCNC[C@@H]2C[C@@H](O)[C@H](n3cc(-c4ccn(Cc5ccccc5)n4)c4c(N)ncnc43)C2)cc1. The van der Waals surface area contributed by atoms with Crippen LogP contribution in [-0.2, 0) is 19.4 Å². The highest BCUT2D eigenvalue weighted by atomic mass is 16.3. The topological polar surface area (TPSA) is 119 Å². The van der Waals surface area contributed by atoms with Crippen LogP contribution in [0.25, 0.3) is 22.3 Å². The number of anilines is 1. The van der Waals surface area contributed by atoms with Crippen molar-refractivity contribution in [2.45, 2.75) is 64.1 Å². The van der Waals surface area contributed by atoms with Crippen molar-refractivity contribution in [2.75, 3.05) is 31.9 Å². The lowest BCUT2D eigenvalue weighted by atomic mass is 10.1. The molecule has 3 aromatic heterocycles. The summed E-state index contributed by atoms with van der Waals surface area (Å²) in [5, 5.41) is 24.0. The molecule has 236 valence electrons. The van der Waals surface area contributed by atoms with Crippen molar-refractivity contribution in [1.82, 2.24) is 34.9 Å². The Morgan fingerprint density at radius 2 is 1.67 bits per heavy atom. The van der Waals surface area contributed by atoms with Crippen molar-refractivity contribution in [2.24, 2.45) is 5.92 Å². The van der Waals surface area contributed by atoms with Gasteiger partial charge in [0, 0.05) is 18.0 Å². The van der Waals surface area contributed by atoms with E-state index in [1.165, 1.54) is 29.4 Å². The normalized spacial score (nSPS) is 18.2. The summed E-state index contributed by atoms with van der Waals surface area (Å²) in [5.41, 5.74) is 12.9. The second-order valence-corrected chi connectivity index (χ2v) is 12.4. The number of aryl methyl sites for hydroxylation is 1. The molecule has 0 saturated heterocycles. The third-order valence-electron chi connectivity index (χ3n) is 8.99. The summed E-state index contributed by atoms with van der Waals surface area (Å²) in [6, 6.07) is 21.3. The standard InChI is InChI=1S/C36H46N8O/c1-2-7-26-10-12-27(13-11-26)14-18-38-16-6-17-39-22-29-20-32(33(45)21-29)44-24-30(34-35(37)40-25-41-36(34)44)31-15-19-43(42-31)23-28-8-4-3-5-9-28/h3-5,8-13,15,19,24-25,29,32-33,38-39,45H,2,6-7,14,16-18,20-23H2,1H3,(H2,37,40,41)/t29-,32+,33+/m0/s1. The molecule has 0 unspecified atom stereocenters. The number of aromatic nitrogens is 5. The van der Waals surface area contributed by atoms with E-state index in [-0.39, 0.29) is 6.04 Å². The van der Waals surface area contributed by atoms with Gasteiger partial charge in [-0.2, -0.15) is 5.10 Å². The van der Waals surface area contributed by atoms with Crippen LogP contribution in [-0.4, -0.2) is 61.7 Å². The molecule has 0 amide bonds. The van der Waals surface area contributed by atoms with Gasteiger partial charge in [0.2, 0.25) is 0 Å². The van der Waals surface area contributed by atoms with Crippen LogP contribution < -0.4 is 16.4 Å². The van der Waals surface area contributed by atoms with Crippen molar-refractivity contribution in [3.63, 3.8) is 0 Å². The summed E-state index contributed by atoms with van der Waals surface area (Å²) in [7, 11) is 0. The van der Waals surface area contributed by atoms with Gasteiger partial charge in [-0.15, -0.1) is 0 Å². The highest BCUT2D eigenvalue weighted by Gasteiger charge is 2.35. The number of benzene rings is 2. The number of nitrogens with one attached hydrogen (secondary N) is 2. The maximum Gasteiger partial charge on any atom is 0.146 e. The second kappa shape index (κ2) is 14.8. The Hall–Kier alpha value is -4.05. The van der Waals surface area contributed by atoms with Crippen molar-refractivity contribution in [3.05, 3.63) is 96.1 Å². The van der Waals surface area contributed by atoms with Gasteiger partial charge in [0.15, 0.2) is 0 Å². The van der Waals surface area contributed by atoms with E-state index < -0.39 is 6.10 Å². The third-order valence-corrected chi connectivity index (χ3v) is 8.99. The molecule has 1 aliphatic carbocycles. The smallest absolute Gasteiger partial charge is 0.146 e. The van der Waals surface area contributed by atoms with Crippen LogP contribution in [0.1, 0.15) is 55.3 Å². The minimum Gasteiger partial charge on any atom is -0.391 e. The zero-order valence-corrected chi connectivity index (χ0v) is 26.3. The van der Waals surface area contributed by atoms with E-state index in [1.54, 1.807) is 0 Å². The van der Waals surface area contributed by atoms with Gasteiger partial charge >= 0.3 is 0 Å². The molecule has 0 bridgehead atoms. The second-order valence-electron chi connectivity index (χ2n) is 12.4. The molecule has 1 fully saturated rings. The number of nitrogens with two attached hydrogens (primary N) is 1. The number of nitrogen functional groups attached to an aromatic ring is 1. The number of hydrogen-bond donors (Lipinski definition) is 4. The van der Waals surface area contributed by atoms with Crippen LogP contribution >= 0.6 is 0 Å². The van der Waals surface area contributed by atoms with Crippen LogP contribution in [0.3, 0.4) is 0 Å². The summed E-state index contributed by atoms with van der Waals surface area (Å²) < 4.78 is 4.03. The van der Waals surface area contributed by atoms with Crippen LogP contribution in [0.2, 0.25) is 0 Å². The summed E-state index contributed by atoms with van der Waals surface area (Å²) in [6.45, 7) is 6.76.